The Morgan fingerprint density at radius 1 is 1.13 bits per heavy atom. The van der Waals surface area contributed by atoms with Crippen LogP contribution in [0, 0.1) is 11.3 Å². The molecule has 0 bridgehead atoms. The first kappa shape index (κ1) is 28.1. The van der Waals surface area contributed by atoms with Gasteiger partial charge >= 0.3 is 11.9 Å². The molecule has 1 amide bonds. The van der Waals surface area contributed by atoms with Gasteiger partial charge in [0.15, 0.2) is 0 Å². The molecule has 1 aliphatic heterocycles. The fourth-order valence-corrected chi connectivity index (χ4v) is 6.61. The van der Waals surface area contributed by atoms with E-state index in [9.17, 15) is 14.4 Å². The first-order chi connectivity index (χ1) is 17.6. The van der Waals surface area contributed by atoms with Crippen molar-refractivity contribution in [2.24, 2.45) is 11.3 Å². The second-order valence-corrected chi connectivity index (χ2v) is 13.2. The van der Waals surface area contributed by atoms with Crippen molar-refractivity contribution < 1.29 is 28.6 Å². The highest BCUT2D eigenvalue weighted by Crippen LogP contribution is 2.74. The van der Waals surface area contributed by atoms with Crippen LogP contribution in [0.25, 0.3) is 0 Å². The van der Waals surface area contributed by atoms with E-state index < -0.39 is 46.4 Å². The number of carbonyl (C=O) groups is 3. The first-order valence-electron chi connectivity index (χ1n) is 12.9. The van der Waals surface area contributed by atoms with Crippen molar-refractivity contribution in [3.63, 3.8) is 0 Å². The van der Waals surface area contributed by atoms with E-state index in [0.29, 0.717) is 22.7 Å². The molecule has 1 aromatic heterocycles. The van der Waals surface area contributed by atoms with Gasteiger partial charge in [-0.15, -0.1) is 11.3 Å². The number of thiazole rings is 1. The predicted octanol–water partition coefficient (Wildman–Crippen LogP) is 5.32. The molecule has 206 valence electrons. The number of methoxy groups -OCH3 is 1. The van der Waals surface area contributed by atoms with Crippen LogP contribution in [0.4, 0.5) is 0 Å². The lowest BCUT2D eigenvalue weighted by Gasteiger charge is -2.41. The van der Waals surface area contributed by atoms with Crippen molar-refractivity contribution in [1.82, 2.24) is 9.88 Å². The Morgan fingerprint density at radius 3 is 2.34 bits per heavy atom. The molecule has 38 heavy (non-hydrogen) atoms. The summed E-state index contributed by atoms with van der Waals surface area (Å²) in [6, 6.07) is 4.57. The molecular formula is C29H38N2O6S. The van der Waals surface area contributed by atoms with Gasteiger partial charge in [-0.1, -0.05) is 26.8 Å². The molecule has 4 atom stereocenters. The van der Waals surface area contributed by atoms with Gasteiger partial charge in [-0.2, -0.15) is 0 Å². The molecule has 9 heteroatoms. The van der Waals surface area contributed by atoms with E-state index in [4.69, 9.17) is 14.2 Å². The van der Waals surface area contributed by atoms with E-state index in [-0.39, 0.29) is 12.0 Å². The Kier molecular flexibility index (Phi) is 6.92. The third-order valence-corrected chi connectivity index (χ3v) is 8.38. The summed E-state index contributed by atoms with van der Waals surface area (Å²) in [4.78, 5) is 47.9. The molecule has 0 spiro atoms. The third-order valence-electron chi connectivity index (χ3n) is 7.56. The average molecular weight is 543 g/mol. The molecule has 1 aromatic carbocycles. The van der Waals surface area contributed by atoms with E-state index in [2.05, 4.69) is 25.8 Å². The van der Waals surface area contributed by atoms with Gasteiger partial charge in [-0.25, -0.2) is 9.78 Å². The van der Waals surface area contributed by atoms with Gasteiger partial charge in [-0.05, 0) is 64.2 Å². The quantitative estimate of drug-likeness (QED) is 0.456. The average Bonchev–Trinajstić information content (AvgIpc) is 3.25. The monoisotopic (exact) mass is 542 g/mol. The lowest BCUT2D eigenvalue weighted by atomic mass is 9.85. The van der Waals surface area contributed by atoms with Crippen LogP contribution in [0.2, 0.25) is 0 Å². The van der Waals surface area contributed by atoms with Crippen LogP contribution < -0.4 is 4.74 Å². The Labute approximate surface area is 228 Å². The van der Waals surface area contributed by atoms with Gasteiger partial charge in [0.2, 0.25) is 0 Å². The summed E-state index contributed by atoms with van der Waals surface area (Å²) in [7, 11) is 1.57. The van der Waals surface area contributed by atoms with Crippen LogP contribution in [0.3, 0.4) is 0 Å². The van der Waals surface area contributed by atoms with Crippen LogP contribution in [-0.4, -0.2) is 52.6 Å². The Balaban J connectivity index is 1.90. The number of piperidine rings is 1. The normalized spacial score (nSPS) is 26.5. The van der Waals surface area contributed by atoms with Crippen LogP contribution in [0.5, 0.6) is 5.75 Å². The van der Waals surface area contributed by atoms with Crippen molar-refractivity contribution in [3.8, 4) is 5.75 Å². The number of nitrogens with zero attached hydrogens (tertiary/aromatic N) is 2. The summed E-state index contributed by atoms with van der Waals surface area (Å²) in [5, 5.41) is 2.39. The van der Waals surface area contributed by atoms with Crippen molar-refractivity contribution >= 4 is 29.2 Å². The zero-order valence-electron chi connectivity index (χ0n) is 23.7. The van der Waals surface area contributed by atoms with Crippen molar-refractivity contribution in [2.75, 3.05) is 13.7 Å². The maximum atomic E-state index is 14.4. The lowest BCUT2D eigenvalue weighted by Crippen LogP contribution is -2.56. The molecule has 8 nitrogen and oxygen atoms in total. The highest BCUT2D eigenvalue weighted by atomic mass is 32.1. The van der Waals surface area contributed by atoms with E-state index in [1.807, 2.05) is 6.07 Å². The number of likely N-dealkylation sites (tertiary alicyclic amines) is 1. The van der Waals surface area contributed by atoms with Gasteiger partial charge in [0.05, 0.1) is 13.7 Å². The number of carbonyl (C=O) groups excluding carboxylic acids is 3. The molecule has 4 rings (SSSR count). The van der Waals surface area contributed by atoms with Crippen LogP contribution in [0.1, 0.15) is 88.8 Å². The fourth-order valence-electron chi connectivity index (χ4n) is 5.78. The number of esters is 2. The summed E-state index contributed by atoms with van der Waals surface area (Å²) in [5.74, 6) is -1.26. The van der Waals surface area contributed by atoms with Gasteiger partial charge < -0.3 is 19.1 Å². The van der Waals surface area contributed by atoms with Crippen LogP contribution >= 0.6 is 11.3 Å². The Morgan fingerprint density at radius 2 is 1.82 bits per heavy atom. The van der Waals surface area contributed by atoms with Crippen molar-refractivity contribution in [2.45, 2.75) is 84.4 Å². The van der Waals surface area contributed by atoms with E-state index in [0.717, 1.165) is 5.56 Å². The van der Waals surface area contributed by atoms with Crippen molar-refractivity contribution in [1.29, 1.82) is 0 Å². The van der Waals surface area contributed by atoms with Crippen LogP contribution in [-0.2, 0) is 24.5 Å². The SMILES string of the molecule is CCOC(=O)C12CC1C(C)(C(=O)OC(C)(C)C)N(C(=O)c1ccc(C(C)(C)C)c(OC)c1)C2c1nccs1. The molecule has 2 aromatic rings. The number of rotatable bonds is 6. The highest BCUT2D eigenvalue weighted by Gasteiger charge is 2.83. The molecule has 0 N–H and O–H groups in total. The minimum Gasteiger partial charge on any atom is -0.496 e. The number of amides is 1. The maximum Gasteiger partial charge on any atom is 0.332 e. The standard InChI is InChI=1S/C29H38N2O6S/c1-10-36-25(34)29-16-20(29)28(8,24(33)37-27(5,6)7)31(21(29)22-30-13-14-38-22)23(32)17-11-12-18(26(2,3)4)19(15-17)35-9/h11-15,20-21H,10,16H2,1-9H3. The molecule has 0 radical (unpaired) electrons. The van der Waals surface area contributed by atoms with Crippen LogP contribution in [0.15, 0.2) is 29.8 Å². The predicted molar refractivity (Wildman–Crippen MR) is 144 cm³/mol. The largest absolute Gasteiger partial charge is 0.496 e. The summed E-state index contributed by atoms with van der Waals surface area (Å²) < 4.78 is 17.1. The summed E-state index contributed by atoms with van der Waals surface area (Å²) in [6.45, 7) is 15.2. The molecule has 1 aliphatic carbocycles. The first-order valence-corrected chi connectivity index (χ1v) is 13.8. The Hall–Kier alpha value is -2.94. The fraction of sp³-hybridized carbons (Fsp3) is 0.586. The summed E-state index contributed by atoms with van der Waals surface area (Å²) in [5.41, 5.74) is -2.17. The molecular weight excluding hydrogens is 504 g/mol. The highest BCUT2D eigenvalue weighted by molar-refractivity contribution is 7.09. The van der Waals surface area contributed by atoms with Crippen molar-refractivity contribution in [3.05, 3.63) is 45.9 Å². The topological polar surface area (TPSA) is 95.0 Å². The molecule has 1 saturated carbocycles. The third kappa shape index (κ3) is 4.38. The second-order valence-electron chi connectivity index (χ2n) is 12.3. The van der Waals surface area contributed by atoms with E-state index in [1.54, 1.807) is 65.4 Å². The molecule has 2 fully saturated rings. The minimum absolute atomic E-state index is 0.195. The maximum absolute atomic E-state index is 14.4. The second kappa shape index (κ2) is 9.36. The number of hydrogen-bond acceptors (Lipinski definition) is 8. The minimum atomic E-state index is -1.41. The number of ether oxygens (including phenoxy) is 3. The molecule has 1 saturated heterocycles. The molecule has 4 unspecified atom stereocenters. The zero-order valence-corrected chi connectivity index (χ0v) is 24.5. The summed E-state index contributed by atoms with van der Waals surface area (Å²) in [6.07, 6.45) is 2.05. The lowest BCUT2D eigenvalue weighted by molar-refractivity contribution is -0.168. The van der Waals surface area contributed by atoms with E-state index in [1.165, 1.54) is 16.2 Å². The molecule has 2 aliphatic rings. The van der Waals surface area contributed by atoms with Gasteiger partial charge in [0.25, 0.3) is 5.91 Å². The van der Waals surface area contributed by atoms with Gasteiger partial charge in [0.1, 0.15) is 33.4 Å². The summed E-state index contributed by atoms with van der Waals surface area (Å²) >= 11 is 1.35. The number of hydrogen-bond donors (Lipinski definition) is 0. The smallest absolute Gasteiger partial charge is 0.332 e. The zero-order chi connectivity index (χ0) is 28.3. The number of aromatic nitrogens is 1. The number of benzene rings is 1. The van der Waals surface area contributed by atoms with Gasteiger partial charge in [-0.3, -0.25) is 9.59 Å². The van der Waals surface area contributed by atoms with Gasteiger partial charge in [0, 0.05) is 23.1 Å². The van der Waals surface area contributed by atoms with E-state index >= 15 is 0 Å². The number of fused-ring (bicyclic) bond motifs is 1. The Bertz CT molecular complexity index is 1240. The molecule has 2 heterocycles.